The Morgan fingerprint density at radius 3 is 2.73 bits per heavy atom. The van der Waals surface area contributed by atoms with Crippen molar-refractivity contribution in [3.8, 4) is 0 Å². The molecule has 0 bridgehead atoms. The molecule has 1 amide bonds. The Labute approximate surface area is 179 Å². The summed E-state index contributed by atoms with van der Waals surface area (Å²) in [5.41, 5.74) is 3.19. The van der Waals surface area contributed by atoms with E-state index in [1.54, 1.807) is 7.05 Å². The summed E-state index contributed by atoms with van der Waals surface area (Å²) in [6, 6.07) is 18.8. The highest BCUT2D eigenvalue weighted by atomic mass is 16.1. The number of carbonyl (C=O) groups is 1. The fraction of sp³-hybridized carbons (Fsp3) is 0.417. The summed E-state index contributed by atoms with van der Waals surface area (Å²) < 4.78 is 0. The lowest BCUT2D eigenvalue weighted by Gasteiger charge is -2.20. The topological polar surface area (TPSA) is 68.8 Å². The van der Waals surface area contributed by atoms with Crippen molar-refractivity contribution in [3.05, 3.63) is 60.2 Å². The molecule has 30 heavy (non-hydrogen) atoms. The zero-order chi connectivity index (χ0) is 21.3. The summed E-state index contributed by atoms with van der Waals surface area (Å²) in [4.78, 5) is 18.9. The maximum Gasteiger partial charge on any atom is 0.227 e. The Bertz CT molecular complexity index is 852. The number of anilines is 2. The molecule has 1 aliphatic rings. The third-order valence-corrected chi connectivity index (χ3v) is 5.59. The number of guanidine groups is 1. The molecule has 1 heterocycles. The number of para-hydroxylation sites is 1. The van der Waals surface area contributed by atoms with E-state index in [4.69, 9.17) is 0 Å². The molecular formula is C24H33N5O. The zero-order valence-corrected chi connectivity index (χ0v) is 18.2. The van der Waals surface area contributed by atoms with Gasteiger partial charge in [0.25, 0.3) is 0 Å². The van der Waals surface area contributed by atoms with Crippen molar-refractivity contribution in [2.24, 2.45) is 10.9 Å². The van der Waals surface area contributed by atoms with Crippen molar-refractivity contribution in [1.29, 1.82) is 0 Å². The largest absolute Gasteiger partial charge is 0.369 e. The molecule has 1 saturated heterocycles. The van der Waals surface area contributed by atoms with Gasteiger partial charge in [0, 0.05) is 50.0 Å². The molecule has 160 valence electrons. The SMILES string of the molecule is CCC(C)C(=O)Nc1cccc(CNC(=NC)NC2CCN(c3ccccc3)C2)c1. The number of hydrogen-bond donors (Lipinski definition) is 3. The predicted octanol–water partition coefficient (Wildman–Crippen LogP) is 3.62. The number of nitrogens with one attached hydrogen (secondary N) is 3. The van der Waals surface area contributed by atoms with E-state index >= 15 is 0 Å². The van der Waals surface area contributed by atoms with Crippen LogP contribution in [0.25, 0.3) is 0 Å². The van der Waals surface area contributed by atoms with Crippen LogP contribution in [-0.4, -0.2) is 38.0 Å². The summed E-state index contributed by atoms with van der Waals surface area (Å²) in [6.45, 7) is 6.60. The first-order chi connectivity index (χ1) is 14.6. The minimum absolute atomic E-state index is 0.0108. The van der Waals surface area contributed by atoms with Crippen molar-refractivity contribution >= 4 is 23.2 Å². The fourth-order valence-corrected chi connectivity index (χ4v) is 3.54. The Morgan fingerprint density at radius 2 is 2.00 bits per heavy atom. The van der Waals surface area contributed by atoms with E-state index in [0.717, 1.165) is 43.1 Å². The second kappa shape index (κ2) is 10.7. The van der Waals surface area contributed by atoms with Crippen molar-refractivity contribution in [2.45, 2.75) is 39.3 Å². The number of hydrogen-bond acceptors (Lipinski definition) is 3. The highest BCUT2D eigenvalue weighted by Gasteiger charge is 2.23. The molecule has 6 heteroatoms. The van der Waals surface area contributed by atoms with Gasteiger partial charge in [-0.1, -0.05) is 44.2 Å². The Balaban J connectivity index is 1.50. The van der Waals surface area contributed by atoms with Gasteiger partial charge in [-0.05, 0) is 42.7 Å². The van der Waals surface area contributed by atoms with E-state index in [0.29, 0.717) is 12.6 Å². The molecule has 2 unspecified atom stereocenters. The van der Waals surface area contributed by atoms with Gasteiger partial charge < -0.3 is 20.9 Å². The molecule has 0 spiro atoms. The molecule has 0 aliphatic carbocycles. The molecule has 3 N–H and O–H groups in total. The number of aliphatic imine (C=N–C) groups is 1. The maximum atomic E-state index is 12.1. The van der Waals surface area contributed by atoms with E-state index in [-0.39, 0.29) is 11.8 Å². The molecule has 1 fully saturated rings. The van der Waals surface area contributed by atoms with Gasteiger partial charge >= 0.3 is 0 Å². The lowest BCUT2D eigenvalue weighted by Crippen LogP contribution is -2.44. The van der Waals surface area contributed by atoms with E-state index in [9.17, 15) is 4.79 Å². The second-order valence-corrected chi connectivity index (χ2v) is 7.84. The smallest absolute Gasteiger partial charge is 0.227 e. The van der Waals surface area contributed by atoms with E-state index in [2.05, 4.69) is 50.1 Å². The summed E-state index contributed by atoms with van der Waals surface area (Å²) in [7, 11) is 1.79. The van der Waals surface area contributed by atoms with Crippen molar-refractivity contribution < 1.29 is 4.79 Å². The monoisotopic (exact) mass is 407 g/mol. The van der Waals surface area contributed by atoms with Gasteiger partial charge in [0.05, 0.1) is 0 Å². The first-order valence-corrected chi connectivity index (χ1v) is 10.8. The molecule has 3 rings (SSSR count). The van der Waals surface area contributed by atoms with Crippen LogP contribution in [0.5, 0.6) is 0 Å². The molecular weight excluding hydrogens is 374 g/mol. The summed E-state index contributed by atoms with van der Waals surface area (Å²) in [6.07, 6.45) is 1.91. The number of benzene rings is 2. The van der Waals surface area contributed by atoms with Crippen molar-refractivity contribution in [2.75, 3.05) is 30.4 Å². The van der Waals surface area contributed by atoms with E-state index in [1.807, 2.05) is 44.2 Å². The Morgan fingerprint density at radius 1 is 1.20 bits per heavy atom. The average Bonchev–Trinajstić information content (AvgIpc) is 3.25. The first kappa shape index (κ1) is 21.7. The lowest BCUT2D eigenvalue weighted by atomic mass is 10.1. The number of nitrogens with zero attached hydrogens (tertiary/aromatic N) is 2. The number of carbonyl (C=O) groups excluding carboxylic acids is 1. The van der Waals surface area contributed by atoms with Crippen molar-refractivity contribution in [1.82, 2.24) is 10.6 Å². The Kier molecular flexibility index (Phi) is 7.71. The van der Waals surface area contributed by atoms with Crippen LogP contribution < -0.4 is 20.9 Å². The fourth-order valence-electron chi connectivity index (χ4n) is 3.54. The highest BCUT2D eigenvalue weighted by Crippen LogP contribution is 2.19. The molecule has 2 atom stereocenters. The minimum atomic E-state index is 0.0108. The molecule has 0 aromatic heterocycles. The second-order valence-electron chi connectivity index (χ2n) is 7.84. The maximum absolute atomic E-state index is 12.1. The molecule has 2 aromatic carbocycles. The third-order valence-electron chi connectivity index (χ3n) is 5.59. The molecule has 0 radical (unpaired) electrons. The van der Waals surface area contributed by atoms with Crippen LogP contribution in [0.15, 0.2) is 59.6 Å². The molecule has 0 saturated carbocycles. The zero-order valence-electron chi connectivity index (χ0n) is 18.2. The van der Waals surface area contributed by atoms with Gasteiger partial charge in [0.15, 0.2) is 5.96 Å². The first-order valence-electron chi connectivity index (χ1n) is 10.8. The van der Waals surface area contributed by atoms with Crippen LogP contribution in [0.2, 0.25) is 0 Å². The van der Waals surface area contributed by atoms with Crippen LogP contribution >= 0.6 is 0 Å². The summed E-state index contributed by atoms with van der Waals surface area (Å²) >= 11 is 0. The highest BCUT2D eigenvalue weighted by molar-refractivity contribution is 5.92. The Hall–Kier alpha value is -3.02. The van der Waals surface area contributed by atoms with Crippen LogP contribution in [0.4, 0.5) is 11.4 Å². The standard InChI is InChI=1S/C24H33N5O/c1-4-18(2)23(30)27-20-10-8-9-19(15-20)16-26-24(25-3)28-21-13-14-29(17-21)22-11-6-5-7-12-22/h5-12,15,18,21H,4,13-14,16-17H2,1-3H3,(H,27,30)(H2,25,26,28). The van der Waals surface area contributed by atoms with Crippen molar-refractivity contribution in [3.63, 3.8) is 0 Å². The van der Waals surface area contributed by atoms with Gasteiger partial charge in [-0.3, -0.25) is 9.79 Å². The molecule has 1 aliphatic heterocycles. The van der Waals surface area contributed by atoms with E-state index < -0.39 is 0 Å². The molecule has 6 nitrogen and oxygen atoms in total. The van der Waals surface area contributed by atoms with Crippen LogP contribution in [-0.2, 0) is 11.3 Å². The predicted molar refractivity (Wildman–Crippen MR) is 125 cm³/mol. The minimum Gasteiger partial charge on any atom is -0.369 e. The third kappa shape index (κ3) is 5.99. The normalized spacial score (nSPS) is 17.5. The average molecular weight is 408 g/mol. The van der Waals surface area contributed by atoms with Crippen LogP contribution in [0, 0.1) is 5.92 Å². The summed E-state index contributed by atoms with van der Waals surface area (Å²) in [5.74, 6) is 0.866. The lowest BCUT2D eigenvalue weighted by molar-refractivity contribution is -0.119. The van der Waals surface area contributed by atoms with Crippen LogP contribution in [0.3, 0.4) is 0 Å². The number of rotatable bonds is 7. The van der Waals surface area contributed by atoms with Gasteiger partial charge in [-0.25, -0.2) is 0 Å². The van der Waals surface area contributed by atoms with Gasteiger partial charge in [-0.2, -0.15) is 0 Å². The van der Waals surface area contributed by atoms with Gasteiger partial charge in [0.2, 0.25) is 5.91 Å². The quantitative estimate of drug-likeness (QED) is 0.484. The van der Waals surface area contributed by atoms with E-state index in [1.165, 1.54) is 5.69 Å². The number of amides is 1. The van der Waals surface area contributed by atoms with Gasteiger partial charge in [0.1, 0.15) is 0 Å². The molecule has 2 aromatic rings. The summed E-state index contributed by atoms with van der Waals surface area (Å²) in [5, 5.41) is 9.92. The van der Waals surface area contributed by atoms with Gasteiger partial charge in [-0.15, -0.1) is 0 Å². The van der Waals surface area contributed by atoms with Crippen LogP contribution in [0.1, 0.15) is 32.3 Å².